The topological polar surface area (TPSA) is 43.4 Å². The number of carbonyl (C=O) groups is 2. The summed E-state index contributed by atoms with van der Waals surface area (Å²) in [6.45, 7) is 1.29. The van der Waals surface area contributed by atoms with Gasteiger partial charge in [0.25, 0.3) is 0 Å². The minimum absolute atomic E-state index is 0.237. The second kappa shape index (κ2) is 5.67. The standard InChI is InChI=1S/C15H11ClO3/c1-10(17)19-14-8-3-2-7-13(14)15(18)11-5-4-6-12(16)9-11/h2-9H,1H3. The molecule has 2 aromatic rings. The highest BCUT2D eigenvalue weighted by Gasteiger charge is 2.15. The van der Waals surface area contributed by atoms with Crippen molar-refractivity contribution in [1.29, 1.82) is 0 Å². The Morgan fingerprint density at radius 3 is 2.47 bits per heavy atom. The van der Waals surface area contributed by atoms with Crippen LogP contribution in [-0.4, -0.2) is 11.8 Å². The maximum absolute atomic E-state index is 12.4. The molecule has 0 aliphatic rings. The molecule has 2 aromatic carbocycles. The lowest BCUT2D eigenvalue weighted by Crippen LogP contribution is -2.08. The van der Waals surface area contributed by atoms with E-state index >= 15 is 0 Å². The third-order valence-corrected chi connectivity index (χ3v) is 2.71. The van der Waals surface area contributed by atoms with E-state index in [1.165, 1.54) is 6.92 Å². The molecule has 0 saturated carbocycles. The first-order valence-corrected chi connectivity index (χ1v) is 6.03. The number of esters is 1. The van der Waals surface area contributed by atoms with Crippen molar-refractivity contribution in [3.8, 4) is 5.75 Å². The number of benzene rings is 2. The summed E-state index contributed by atoms with van der Waals surface area (Å²) in [6, 6.07) is 13.2. The highest BCUT2D eigenvalue weighted by molar-refractivity contribution is 6.31. The van der Waals surface area contributed by atoms with Crippen LogP contribution in [0.25, 0.3) is 0 Å². The number of rotatable bonds is 3. The van der Waals surface area contributed by atoms with Gasteiger partial charge in [-0.2, -0.15) is 0 Å². The van der Waals surface area contributed by atoms with Crippen molar-refractivity contribution < 1.29 is 14.3 Å². The van der Waals surface area contributed by atoms with E-state index in [1.807, 2.05) is 0 Å². The summed E-state index contributed by atoms with van der Waals surface area (Å²) < 4.78 is 5.03. The number of hydrogen-bond donors (Lipinski definition) is 0. The predicted molar refractivity (Wildman–Crippen MR) is 72.6 cm³/mol. The van der Waals surface area contributed by atoms with Crippen molar-refractivity contribution >= 4 is 23.4 Å². The summed E-state index contributed by atoms with van der Waals surface area (Å²) in [6.07, 6.45) is 0. The Hall–Kier alpha value is -2.13. The van der Waals surface area contributed by atoms with Crippen molar-refractivity contribution in [1.82, 2.24) is 0 Å². The number of para-hydroxylation sites is 1. The summed E-state index contributed by atoms with van der Waals surface area (Å²) in [5, 5.41) is 0.482. The van der Waals surface area contributed by atoms with E-state index in [4.69, 9.17) is 16.3 Å². The second-order valence-electron chi connectivity index (χ2n) is 3.93. The molecular weight excluding hydrogens is 264 g/mol. The largest absolute Gasteiger partial charge is 0.426 e. The Bertz CT molecular complexity index is 635. The number of hydrogen-bond acceptors (Lipinski definition) is 3. The highest BCUT2D eigenvalue weighted by atomic mass is 35.5. The molecule has 96 valence electrons. The Morgan fingerprint density at radius 1 is 1.05 bits per heavy atom. The first-order chi connectivity index (χ1) is 9.08. The number of ketones is 1. The molecule has 0 aliphatic carbocycles. The molecular formula is C15H11ClO3. The molecule has 0 saturated heterocycles. The van der Waals surface area contributed by atoms with E-state index in [-0.39, 0.29) is 11.5 Å². The van der Waals surface area contributed by atoms with Gasteiger partial charge in [0.15, 0.2) is 5.78 Å². The van der Waals surface area contributed by atoms with Gasteiger partial charge in [0.1, 0.15) is 5.75 Å². The lowest BCUT2D eigenvalue weighted by Gasteiger charge is -2.08. The van der Waals surface area contributed by atoms with Crippen LogP contribution in [0.3, 0.4) is 0 Å². The summed E-state index contributed by atoms with van der Waals surface area (Å²) in [4.78, 5) is 23.4. The second-order valence-corrected chi connectivity index (χ2v) is 4.37. The minimum Gasteiger partial charge on any atom is -0.426 e. The highest BCUT2D eigenvalue weighted by Crippen LogP contribution is 2.23. The molecule has 0 unspecified atom stereocenters. The first-order valence-electron chi connectivity index (χ1n) is 5.65. The van der Waals surface area contributed by atoms with Gasteiger partial charge in [-0.1, -0.05) is 35.9 Å². The summed E-state index contributed by atoms with van der Waals surface area (Å²) in [7, 11) is 0. The van der Waals surface area contributed by atoms with Gasteiger partial charge >= 0.3 is 5.97 Å². The average molecular weight is 275 g/mol. The molecule has 0 spiro atoms. The van der Waals surface area contributed by atoms with Gasteiger partial charge < -0.3 is 4.74 Å². The van der Waals surface area contributed by atoms with Crippen LogP contribution in [0, 0.1) is 0 Å². The van der Waals surface area contributed by atoms with Gasteiger partial charge in [-0.15, -0.1) is 0 Å². The quantitative estimate of drug-likeness (QED) is 0.489. The molecule has 0 N–H and O–H groups in total. The van der Waals surface area contributed by atoms with Crippen LogP contribution < -0.4 is 4.74 Å². The van der Waals surface area contributed by atoms with E-state index < -0.39 is 5.97 Å². The number of ether oxygens (including phenoxy) is 1. The van der Waals surface area contributed by atoms with E-state index in [0.717, 1.165) is 0 Å². The zero-order chi connectivity index (χ0) is 13.8. The molecule has 0 fully saturated rings. The lowest BCUT2D eigenvalue weighted by molar-refractivity contribution is -0.131. The van der Waals surface area contributed by atoms with E-state index in [9.17, 15) is 9.59 Å². The number of carbonyl (C=O) groups excluding carboxylic acids is 2. The fraction of sp³-hybridized carbons (Fsp3) is 0.0667. The molecule has 0 aromatic heterocycles. The SMILES string of the molecule is CC(=O)Oc1ccccc1C(=O)c1cccc(Cl)c1. The van der Waals surface area contributed by atoms with Crippen LogP contribution in [0.5, 0.6) is 5.75 Å². The molecule has 0 atom stereocenters. The fourth-order valence-corrected chi connectivity index (χ4v) is 1.87. The molecule has 19 heavy (non-hydrogen) atoms. The zero-order valence-electron chi connectivity index (χ0n) is 10.2. The molecule has 0 heterocycles. The van der Waals surface area contributed by atoms with Crippen molar-refractivity contribution in [2.45, 2.75) is 6.92 Å². The van der Waals surface area contributed by atoms with Crippen molar-refractivity contribution in [2.24, 2.45) is 0 Å². The van der Waals surface area contributed by atoms with Crippen LogP contribution in [0.2, 0.25) is 5.02 Å². The average Bonchev–Trinajstić information content (AvgIpc) is 2.38. The van der Waals surface area contributed by atoms with E-state index in [1.54, 1.807) is 48.5 Å². The third kappa shape index (κ3) is 3.20. The Kier molecular flexibility index (Phi) is 3.97. The van der Waals surface area contributed by atoms with Crippen molar-refractivity contribution in [3.63, 3.8) is 0 Å². The van der Waals surface area contributed by atoms with Crippen LogP contribution in [-0.2, 0) is 4.79 Å². The monoisotopic (exact) mass is 274 g/mol. The van der Waals surface area contributed by atoms with Gasteiger partial charge in [0.05, 0.1) is 5.56 Å². The third-order valence-electron chi connectivity index (χ3n) is 2.47. The van der Waals surface area contributed by atoms with Crippen molar-refractivity contribution in [3.05, 3.63) is 64.7 Å². The Balaban J connectivity index is 2.41. The van der Waals surface area contributed by atoms with Crippen LogP contribution in [0.1, 0.15) is 22.8 Å². The van der Waals surface area contributed by atoms with Gasteiger partial charge in [-0.3, -0.25) is 9.59 Å². The molecule has 0 bridgehead atoms. The smallest absolute Gasteiger partial charge is 0.308 e. The summed E-state index contributed by atoms with van der Waals surface area (Å²) in [5.74, 6) is -0.453. The summed E-state index contributed by atoms with van der Waals surface area (Å²) in [5.41, 5.74) is 0.784. The maximum atomic E-state index is 12.4. The molecule has 3 nitrogen and oxygen atoms in total. The van der Waals surface area contributed by atoms with Crippen LogP contribution >= 0.6 is 11.6 Å². The normalized spacial score (nSPS) is 10.0. The Labute approximate surface area is 115 Å². The molecule has 0 aliphatic heterocycles. The van der Waals surface area contributed by atoms with E-state index in [2.05, 4.69) is 0 Å². The van der Waals surface area contributed by atoms with Gasteiger partial charge in [-0.05, 0) is 24.3 Å². The minimum atomic E-state index is -0.466. The summed E-state index contributed by atoms with van der Waals surface area (Å²) >= 11 is 5.86. The lowest BCUT2D eigenvalue weighted by atomic mass is 10.0. The Morgan fingerprint density at radius 2 is 1.79 bits per heavy atom. The molecule has 0 radical (unpaired) electrons. The fourth-order valence-electron chi connectivity index (χ4n) is 1.68. The number of halogens is 1. The molecule has 4 heteroatoms. The van der Waals surface area contributed by atoms with Crippen LogP contribution in [0.15, 0.2) is 48.5 Å². The first kappa shape index (κ1) is 13.3. The van der Waals surface area contributed by atoms with Crippen molar-refractivity contribution in [2.75, 3.05) is 0 Å². The van der Waals surface area contributed by atoms with E-state index in [0.29, 0.717) is 16.1 Å². The van der Waals surface area contributed by atoms with Gasteiger partial charge in [0.2, 0.25) is 0 Å². The van der Waals surface area contributed by atoms with Gasteiger partial charge in [-0.25, -0.2) is 0 Å². The predicted octanol–water partition coefficient (Wildman–Crippen LogP) is 3.50. The molecule has 0 amide bonds. The molecule has 2 rings (SSSR count). The van der Waals surface area contributed by atoms with Gasteiger partial charge in [0, 0.05) is 17.5 Å². The maximum Gasteiger partial charge on any atom is 0.308 e. The van der Waals surface area contributed by atoms with Crippen LogP contribution in [0.4, 0.5) is 0 Å². The zero-order valence-corrected chi connectivity index (χ0v) is 11.0.